The van der Waals surface area contributed by atoms with E-state index in [9.17, 15) is 0 Å². The van der Waals surface area contributed by atoms with Crippen molar-refractivity contribution in [2.75, 3.05) is 27.9 Å². The van der Waals surface area contributed by atoms with Gasteiger partial charge in [-0.15, -0.1) is 0 Å². The Balaban J connectivity index is 2.78. The van der Waals surface area contributed by atoms with E-state index < -0.39 is 0 Å². The van der Waals surface area contributed by atoms with E-state index in [-0.39, 0.29) is 6.04 Å². The zero-order valence-electron chi connectivity index (χ0n) is 10.9. The summed E-state index contributed by atoms with van der Waals surface area (Å²) in [7, 11) is 5.24. The van der Waals surface area contributed by atoms with E-state index in [0.717, 1.165) is 18.7 Å². The maximum atomic E-state index is 5.22. The predicted octanol–water partition coefficient (Wildman–Crippen LogP) is 1.42. The van der Waals surface area contributed by atoms with Crippen LogP contribution >= 0.6 is 0 Å². The average molecular weight is 239 g/mol. The summed E-state index contributed by atoms with van der Waals surface area (Å²) < 4.78 is 10.4. The Hall–Kier alpha value is -1.20. The van der Waals surface area contributed by atoms with Gasteiger partial charge in [-0.25, -0.2) is 4.98 Å². The monoisotopic (exact) mass is 239 g/mol. The fourth-order valence-electron chi connectivity index (χ4n) is 1.85. The summed E-state index contributed by atoms with van der Waals surface area (Å²) in [5.74, 6) is 1.03. The highest BCUT2D eigenvalue weighted by Gasteiger charge is 2.19. The molecular weight excluding hydrogens is 218 g/mol. The van der Waals surface area contributed by atoms with Crippen molar-refractivity contribution >= 4 is 0 Å². The Bertz CT molecular complexity index is 333. The van der Waals surface area contributed by atoms with Crippen molar-refractivity contribution in [2.24, 2.45) is 5.92 Å². The fourth-order valence-corrected chi connectivity index (χ4v) is 1.85. The van der Waals surface area contributed by atoms with Crippen molar-refractivity contribution in [3.63, 3.8) is 0 Å². The van der Waals surface area contributed by atoms with Crippen LogP contribution in [0.25, 0.3) is 0 Å². The number of methoxy groups -OCH3 is 2. The second kappa shape index (κ2) is 7.19. The number of nitrogens with one attached hydrogen (secondary N) is 1. The molecule has 1 aromatic heterocycles. The first-order chi connectivity index (χ1) is 8.22. The summed E-state index contributed by atoms with van der Waals surface area (Å²) in [4.78, 5) is 8.51. The van der Waals surface area contributed by atoms with Crippen molar-refractivity contribution in [3.05, 3.63) is 18.1 Å². The van der Waals surface area contributed by atoms with Gasteiger partial charge in [-0.2, -0.15) is 0 Å². The van der Waals surface area contributed by atoms with Gasteiger partial charge in [-0.05, 0) is 19.4 Å². The molecule has 0 radical (unpaired) electrons. The van der Waals surface area contributed by atoms with Gasteiger partial charge in [0.25, 0.3) is 0 Å². The molecule has 0 aliphatic carbocycles. The normalized spacial score (nSPS) is 14.4. The highest BCUT2D eigenvalue weighted by atomic mass is 16.5. The molecule has 2 unspecified atom stereocenters. The Kier molecular flexibility index (Phi) is 5.86. The topological polar surface area (TPSA) is 56.3 Å². The molecule has 0 saturated carbocycles. The smallest absolute Gasteiger partial charge is 0.236 e. The number of nitrogens with zero attached hydrogens (tertiary/aromatic N) is 2. The molecule has 0 fully saturated rings. The molecule has 96 valence electrons. The van der Waals surface area contributed by atoms with Gasteiger partial charge in [0.2, 0.25) is 5.88 Å². The summed E-state index contributed by atoms with van der Waals surface area (Å²) >= 11 is 0. The van der Waals surface area contributed by atoms with Crippen LogP contribution < -0.4 is 10.1 Å². The molecule has 0 aliphatic heterocycles. The molecule has 0 bridgehead atoms. The van der Waals surface area contributed by atoms with Crippen LogP contribution in [0.2, 0.25) is 0 Å². The van der Waals surface area contributed by atoms with Crippen molar-refractivity contribution in [1.29, 1.82) is 0 Å². The number of hydrogen-bond acceptors (Lipinski definition) is 5. The summed E-state index contributed by atoms with van der Waals surface area (Å²) in [5.41, 5.74) is 0.848. The molecule has 17 heavy (non-hydrogen) atoms. The van der Waals surface area contributed by atoms with Crippen LogP contribution in [-0.4, -0.2) is 37.8 Å². The average Bonchev–Trinajstić information content (AvgIpc) is 2.36. The largest absolute Gasteiger partial charge is 0.480 e. The van der Waals surface area contributed by atoms with Gasteiger partial charge in [0.15, 0.2) is 0 Å². The third-order valence-corrected chi connectivity index (χ3v) is 2.65. The molecule has 1 N–H and O–H groups in total. The first-order valence-electron chi connectivity index (χ1n) is 5.74. The molecule has 0 spiro atoms. The van der Waals surface area contributed by atoms with Crippen LogP contribution in [0.4, 0.5) is 0 Å². The molecule has 5 heteroatoms. The Morgan fingerprint density at radius 1 is 1.29 bits per heavy atom. The molecular formula is C12H21N3O2. The number of rotatable bonds is 7. The van der Waals surface area contributed by atoms with Crippen LogP contribution in [0, 0.1) is 5.92 Å². The molecule has 2 atom stereocenters. The lowest BCUT2D eigenvalue weighted by atomic mass is 10.00. The molecule has 0 amide bonds. The molecule has 0 aromatic carbocycles. The minimum Gasteiger partial charge on any atom is -0.480 e. The molecule has 0 aliphatic rings. The molecule has 1 rings (SSSR count). The van der Waals surface area contributed by atoms with Gasteiger partial charge >= 0.3 is 0 Å². The highest BCUT2D eigenvalue weighted by Crippen LogP contribution is 2.25. The second-order valence-electron chi connectivity index (χ2n) is 4.09. The van der Waals surface area contributed by atoms with Gasteiger partial charge in [0.05, 0.1) is 13.2 Å². The minimum absolute atomic E-state index is 0.129. The number of ether oxygens (including phenoxy) is 2. The summed E-state index contributed by atoms with van der Waals surface area (Å²) in [6.07, 6.45) is 4.25. The third kappa shape index (κ3) is 3.94. The lowest BCUT2D eigenvalue weighted by molar-refractivity contribution is 0.149. The maximum absolute atomic E-state index is 5.22. The van der Waals surface area contributed by atoms with Crippen LogP contribution in [0.15, 0.2) is 12.4 Å². The van der Waals surface area contributed by atoms with Crippen LogP contribution in [0.3, 0.4) is 0 Å². The quantitative estimate of drug-likeness (QED) is 0.780. The Labute approximate surface area is 103 Å². The Morgan fingerprint density at radius 2 is 2.00 bits per heavy atom. The zero-order valence-corrected chi connectivity index (χ0v) is 10.9. The Morgan fingerprint density at radius 3 is 2.59 bits per heavy atom. The standard InChI is InChI=1S/C12H21N3O2/c1-9(8-16-3)7-10(13-2)11-12(17-4)15-6-5-14-11/h5-6,9-10,13H,7-8H2,1-4H3. The van der Waals surface area contributed by atoms with Crippen molar-refractivity contribution in [2.45, 2.75) is 19.4 Å². The number of hydrogen-bond donors (Lipinski definition) is 1. The van der Waals surface area contributed by atoms with E-state index >= 15 is 0 Å². The van der Waals surface area contributed by atoms with Crippen molar-refractivity contribution in [1.82, 2.24) is 15.3 Å². The first-order valence-corrected chi connectivity index (χ1v) is 5.74. The van der Waals surface area contributed by atoms with E-state index in [0.29, 0.717) is 11.8 Å². The van der Waals surface area contributed by atoms with Gasteiger partial charge < -0.3 is 14.8 Å². The highest BCUT2D eigenvalue weighted by molar-refractivity contribution is 5.21. The number of aromatic nitrogens is 2. The van der Waals surface area contributed by atoms with E-state index in [4.69, 9.17) is 9.47 Å². The van der Waals surface area contributed by atoms with Gasteiger partial charge in [-0.1, -0.05) is 6.92 Å². The van der Waals surface area contributed by atoms with E-state index in [1.807, 2.05) is 7.05 Å². The van der Waals surface area contributed by atoms with Crippen LogP contribution in [0.1, 0.15) is 25.1 Å². The second-order valence-corrected chi connectivity index (χ2v) is 4.09. The maximum Gasteiger partial charge on any atom is 0.236 e. The van der Waals surface area contributed by atoms with Gasteiger partial charge in [0, 0.05) is 26.1 Å². The minimum atomic E-state index is 0.129. The van der Waals surface area contributed by atoms with Gasteiger partial charge in [0.1, 0.15) is 5.69 Å². The third-order valence-electron chi connectivity index (χ3n) is 2.65. The van der Waals surface area contributed by atoms with E-state index in [1.54, 1.807) is 26.6 Å². The fraction of sp³-hybridized carbons (Fsp3) is 0.667. The van der Waals surface area contributed by atoms with Crippen LogP contribution in [-0.2, 0) is 4.74 Å². The summed E-state index contributed by atoms with van der Waals surface area (Å²) in [6, 6.07) is 0.129. The molecule has 5 nitrogen and oxygen atoms in total. The summed E-state index contributed by atoms with van der Waals surface area (Å²) in [6.45, 7) is 2.89. The van der Waals surface area contributed by atoms with Crippen molar-refractivity contribution in [3.8, 4) is 5.88 Å². The summed E-state index contributed by atoms with van der Waals surface area (Å²) in [5, 5.41) is 3.24. The SMILES string of the molecule is CNC(CC(C)COC)c1nccnc1OC. The van der Waals surface area contributed by atoms with E-state index in [2.05, 4.69) is 22.2 Å². The lowest BCUT2D eigenvalue weighted by Crippen LogP contribution is -2.22. The van der Waals surface area contributed by atoms with Gasteiger partial charge in [-0.3, -0.25) is 4.98 Å². The molecule has 1 aromatic rings. The van der Waals surface area contributed by atoms with Crippen LogP contribution in [0.5, 0.6) is 5.88 Å². The first kappa shape index (κ1) is 13.9. The molecule has 1 heterocycles. The zero-order chi connectivity index (χ0) is 12.7. The lowest BCUT2D eigenvalue weighted by Gasteiger charge is -2.20. The van der Waals surface area contributed by atoms with Crippen molar-refractivity contribution < 1.29 is 9.47 Å². The predicted molar refractivity (Wildman–Crippen MR) is 66.0 cm³/mol. The molecule has 0 saturated heterocycles. The van der Waals surface area contributed by atoms with E-state index in [1.165, 1.54) is 0 Å².